The van der Waals surface area contributed by atoms with E-state index in [2.05, 4.69) is 0 Å². The van der Waals surface area contributed by atoms with Gasteiger partial charge in [-0.25, -0.2) is 0 Å². The van der Waals surface area contributed by atoms with Crippen LogP contribution in [0.1, 0.15) is 25.5 Å². The summed E-state index contributed by atoms with van der Waals surface area (Å²) in [6.07, 6.45) is 1.17. The average Bonchev–Trinajstić information content (AvgIpc) is 2.66. The fourth-order valence-corrected chi connectivity index (χ4v) is 2.55. The van der Waals surface area contributed by atoms with Crippen molar-refractivity contribution in [3.63, 3.8) is 0 Å². The number of carbonyl (C=O) groups is 1. The molecule has 102 valence electrons. The maximum absolute atomic E-state index is 11.9. The quantitative estimate of drug-likeness (QED) is 0.800. The van der Waals surface area contributed by atoms with E-state index in [4.69, 9.17) is 5.11 Å². The summed E-state index contributed by atoms with van der Waals surface area (Å²) in [4.78, 5) is 25.1. The van der Waals surface area contributed by atoms with Gasteiger partial charge in [-0.1, -0.05) is 18.3 Å². The Labute approximate surface area is 111 Å². The second-order valence-electron chi connectivity index (χ2n) is 4.15. The second kappa shape index (κ2) is 7.33. The second-order valence-corrected chi connectivity index (χ2v) is 4.97. The summed E-state index contributed by atoms with van der Waals surface area (Å²) in [5.74, 6) is -0.0107. The number of amides is 1. The van der Waals surface area contributed by atoms with Gasteiger partial charge in [0.05, 0.1) is 6.61 Å². The number of thiazole rings is 1. The Morgan fingerprint density at radius 1 is 1.50 bits per heavy atom. The number of aliphatic hydroxyl groups excluding tert-OH is 1. The third-order valence-corrected chi connectivity index (χ3v) is 3.62. The number of carbonyl (C=O) groups excluding carboxylic acids is 1. The molecule has 0 radical (unpaired) electrons. The number of aromatic nitrogens is 1. The highest BCUT2D eigenvalue weighted by Crippen LogP contribution is 2.03. The zero-order chi connectivity index (χ0) is 13.5. The fourth-order valence-electron chi connectivity index (χ4n) is 1.79. The molecule has 6 heteroatoms. The van der Waals surface area contributed by atoms with Gasteiger partial charge in [-0.15, -0.1) is 0 Å². The molecule has 0 aromatic carbocycles. The predicted octanol–water partition coefficient (Wildman–Crippen LogP) is 0.839. The normalized spacial score (nSPS) is 10.6. The monoisotopic (exact) mass is 272 g/mol. The molecule has 0 atom stereocenters. The third-order valence-electron chi connectivity index (χ3n) is 2.74. The van der Waals surface area contributed by atoms with E-state index in [1.165, 1.54) is 0 Å². The van der Waals surface area contributed by atoms with Gasteiger partial charge in [0.15, 0.2) is 0 Å². The van der Waals surface area contributed by atoms with Crippen LogP contribution >= 0.6 is 11.3 Å². The van der Waals surface area contributed by atoms with E-state index in [9.17, 15) is 9.59 Å². The molecule has 1 heterocycles. The molecule has 5 nitrogen and oxygen atoms in total. The van der Waals surface area contributed by atoms with Crippen molar-refractivity contribution >= 4 is 17.2 Å². The molecule has 0 saturated carbocycles. The minimum absolute atomic E-state index is 0.0107. The van der Waals surface area contributed by atoms with E-state index in [0.29, 0.717) is 26.1 Å². The summed E-state index contributed by atoms with van der Waals surface area (Å²) in [5.41, 5.74) is 0.891. The molecule has 0 aliphatic carbocycles. The molecule has 1 aromatic heterocycles. The van der Waals surface area contributed by atoms with Crippen molar-refractivity contribution in [1.29, 1.82) is 0 Å². The van der Waals surface area contributed by atoms with Crippen molar-refractivity contribution in [2.45, 2.75) is 33.2 Å². The molecule has 0 aliphatic rings. The number of rotatable bonds is 7. The number of aryl methyl sites for hydroxylation is 1. The van der Waals surface area contributed by atoms with Gasteiger partial charge in [0.2, 0.25) is 5.91 Å². The first-order valence-corrected chi connectivity index (χ1v) is 7.01. The summed E-state index contributed by atoms with van der Waals surface area (Å²) in [5, 5.41) is 10.7. The summed E-state index contributed by atoms with van der Waals surface area (Å²) < 4.78 is 1.62. The van der Waals surface area contributed by atoms with Gasteiger partial charge in [-0.05, 0) is 13.3 Å². The van der Waals surface area contributed by atoms with Crippen LogP contribution in [0.5, 0.6) is 0 Å². The van der Waals surface area contributed by atoms with Gasteiger partial charge in [0, 0.05) is 37.1 Å². The van der Waals surface area contributed by atoms with E-state index in [1.807, 2.05) is 13.8 Å². The van der Waals surface area contributed by atoms with E-state index >= 15 is 0 Å². The van der Waals surface area contributed by atoms with Crippen LogP contribution in [0.4, 0.5) is 0 Å². The Bertz CT molecular complexity index is 433. The van der Waals surface area contributed by atoms with Crippen molar-refractivity contribution in [3.05, 3.63) is 20.7 Å². The van der Waals surface area contributed by atoms with Crippen LogP contribution in [0, 0.1) is 6.92 Å². The fraction of sp³-hybridized carbons (Fsp3) is 0.667. The van der Waals surface area contributed by atoms with Crippen LogP contribution in [0.3, 0.4) is 0 Å². The van der Waals surface area contributed by atoms with Crippen molar-refractivity contribution in [1.82, 2.24) is 9.47 Å². The highest BCUT2D eigenvalue weighted by Gasteiger charge is 2.13. The standard InChI is InChI=1S/C12H20N2O3S/c1-3-5-13(7-8-15)11(16)4-6-14-10(2)9-18-12(14)17/h9,15H,3-8H2,1-2H3. The number of hydrogen-bond acceptors (Lipinski definition) is 4. The summed E-state index contributed by atoms with van der Waals surface area (Å²) in [6, 6.07) is 0. The largest absolute Gasteiger partial charge is 0.395 e. The molecule has 1 aromatic rings. The lowest BCUT2D eigenvalue weighted by atomic mass is 10.3. The van der Waals surface area contributed by atoms with Crippen LogP contribution in [-0.2, 0) is 11.3 Å². The molecule has 0 spiro atoms. The van der Waals surface area contributed by atoms with Crippen LogP contribution in [0.25, 0.3) is 0 Å². The Morgan fingerprint density at radius 2 is 2.22 bits per heavy atom. The minimum atomic E-state index is -0.0246. The molecule has 1 N–H and O–H groups in total. The first-order valence-electron chi connectivity index (χ1n) is 6.13. The van der Waals surface area contributed by atoms with E-state index in [-0.39, 0.29) is 17.4 Å². The Hall–Kier alpha value is -1.14. The molecule has 1 amide bonds. The maximum atomic E-state index is 11.9. The Morgan fingerprint density at radius 3 is 2.72 bits per heavy atom. The number of hydrogen-bond donors (Lipinski definition) is 1. The van der Waals surface area contributed by atoms with Crippen molar-refractivity contribution in [3.8, 4) is 0 Å². The van der Waals surface area contributed by atoms with E-state index < -0.39 is 0 Å². The third kappa shape index (κ3) is 3.96. The number of nitrogens with zero attached hydrogens (tertiary/aromatic N) is 2. The van der Waals surface area contributed by atoms with Gasteiger partial charge in [0.1, 0.15) is 0 Å². The molecule has 0 bridgehead atoms. The molecule has 0 saturated heterocycles. The summed E-state index contributed by atoms with van der Waals surface area (Å²) in [6.45, 7) is 5.26. The zero-order valence-corrected chi connectivity index (χ0v) is 11.7. The zero-order valence-electron chi connectivity index (χ0n) is 10.9. The van der Waals surface area contributed by atoms with Gasteiger partial charge in [0.25, 0.3) is 0 Å². The molecular formula is C12H20N2O3S. The highest BCUT2D eigenvalue weighted by molar-refractivity contribution is 7.07. The first kappa shape index (κ1) is 14.9. The lowest BCUT2D eigenvalue weighted by Crippen LogP contribution is -2.35. The topological polar surface area (TPSA) is 62.5 Å². The van der Waals surface area contributed by atoms with Crippen LogP contribution in [-0.4, -0.2) is 40.2 Å². The first-order chi connectivity index (χ1) is 8.60. The van der Waals surface area contributed by atoms with Crippen LogP contribution in [0.2, 0.25) is 0 Å². The van der Waals surface area contributed by atoms with E-state index in [1.54, 1.807) is 14.8 Å². The molecular weight excluding hydrogens is 252 g/mol. The molecule has 0 aliphatic heterocycles. The lowest BCUT2D eigenvalue weighted by Gasteiger charge is -2.21. The molecule has 1 rings (SSSR count). The molecule has 18 heavy (non-hydrogen) atoms. The smallest absolute Gasteiger partial charge is 0.307 e. The van der Waals surface area contributed by atoms with E-state index in [0.717, 1.165) is 23.5 Å². The van der Waals surface area contributed by atoms with Gasteiger partial charge < -0.3 is 14.6 Å². The predicted molar refractivity (Wildman–Crippen MR) is 71.9 cm³/mol. The van der Waals surface area contributed by atoms with Crippen molar-refractivity contribution < 1.29 is 9.90 Å². The highest BCUT2D eigenvalue weighted by atomic mass is 32.1. The maximum Gasteiger partial charge on any atom is 0.307 e. The van der Waals surface area contributed by atoms with Crippen molar-refractivity contribution in [2.75, 3.05) is 19.7 Å². The SMILES string of the molecule is CCCN(CCO)C(=O)CCn1c(C)csc1=O. The minimum Gasteiger partial charge on any atom is -0.395 e. The van der Waals surface area contributed by atoms with Gasteiger partial charge >= 0.3 is 4.87 Å². The van der Waals surface area contributed by atoms with Crippen molar-refractivity contribution in [2.24, 2.45) is 0 Å². The molecule has 0 unspecified atom stereocenters. The van der Waals surface area contributed by atoms with Gasteiger partial charge in [-0.3, -0.25) is 9.59 Å². The molecule has 0 fully saturated rings. The van der Waals surface area contributed by atoms with Gasteiger partial charge in [-0.2, -0.15) is 0 Å². The summed E-state index contributed by atoms with van der Waals surface area (Å²) >= 11 is 1.15. The average molecular weight is 272 g/mol. The van der Waals surface area contributed by atoms with Crippen LogP contribution in [0.15, 0.2) is 10.2 Å². The lowest BCUT2D eigenvalue weighted by molar-refractivity contribution is -0.132. The van der Waals surface area contributed by atoms with Crippen LogP contribution < -0.4 is 4.87 Å². The summed E-state index contributed by atoms with van der Waals surface area (Å²) in [7, 11) is 0. The Balaban J connectivity index is 2.56. The Kier molecular flexibility index (Phi) is 6.07. The number of aliphatic hydroxyl groups is 1.